The van der Waals surface area contributed by atoms with E-state index in [1.54, 1.807) is 43.3 Å². The number of hydrogen-bond acceptors (Lipinski definition) is 8. The molecule has 1 unspecified atom stereocenters. The van der Waals surface area contributed by atoms with Crippen molar-refractivity contribution in [1.82, 2.24) is 5.43 Å². The van der Waals surface area contributed by atoms with Gasteiger partial charge in [0, 0.05) is 10.4 Å². The molecule has 1 aliphatic rings. The van der Waals surface area contributed by atoms with E-state index < -0.39 is 17.9 Å². The normalized spacial score (nSPS) is 13.4. The monoisotopic (exact) mass is 550 g/mol. The van der Waals surface area contributed by atoms with Crippen LogP contribution in [-0.4, -0.2) is 41.8 Å². The van der Waals surface area contributed by atoms with Crippen LogP contribution in [0.25, 0.3) is 0 Å². The first-order valence-corrected chi connectivity index (χ1v) is 13.4. The number of carbonyl (C=O) groups is 3. The van der Waals surface area contributed by atoms with Crippen LogP contribution in [0.5, 0.6) is 17.2 Å². The highest BCUT2D eigenvalue weighted by atomic mass is 32.1. The lowest BCUT2D eigenvalue weighted by atomic mass is 9.95. The topological polar surface area (TPSA) is 152 Å². The fourth-order valence-corrected chi connectivity index (χ4v) is 5.47. The minimum atomic E-state index is -0.865. The molecule has 3 amide bonds. The van der Waals surface area contributed by atoms with E-state index in [1.807, 2.05) is 6.92 Å². The number of fused-ring (bicyclic) bond motifs is 1. The van der Waals surface area contributed by atoms with Gasteiger partial charge in [-0.15, -0.1) is 11.3 Å². The van der Waals surface area contributed by atoms with E-state index in [0.29, 0.717) is 39.8 Å². The largest absolute Gasteiger partial charge is 0.504 e. The molecule has 2 aromatic carbocycles. The van der Waals surface area contributed by atoms with E-state index in [1.165, 1.54) is 23.6 Å². The molecule has 0 radical (unpaired) electrons. The standard InChI is InChI=1S/C28H30N4O6S/c1-3-37-22-14-17(8-13-21(22)33)15-30-32-26(35)16(2)38-19-11-9-18(10-12-19)27(36)31-28-24(25(29)34)20-6-4-5-7-23(20)39-28/h8-16,33H,3-7H2,1-2H3,(H2,29,34)(H,31,36)(H,32,35). The number of phenols is 1. The molecule has 4 rings (SSSR count). The number of primary amides is 1. The Balaban J connectivity index is 1.33. The predicted molar refractivity (Wildman–Crippen MR) is 149 cm³/mol. The molecule has 0 spiro atoms. The molecule has 1 aromatic heterocycles. The van der Waals surface area contributed by atoms with Crippen LogP contribution in [-0.2, 0) is 17.6 Å². The second-order valence-electron chi connectivity index (χ2n) is 8.91. The van der Waals surface area contributed by atoms with Crippen LogP contribution in [0.4, 0.5) is 5.00 Å². The van der Waals surface area contributed by atoms with Gasteiger partial charge in [-0.05, 0) is 93.1 Å². The molecule has 1 aliphatic carbocycles. The number of amides is 3. The molecule has 204 valence electrons. The number of ether oxygens (including phenoxy) is 2. The summed E-state index contributed by atoms with van der Waals surface area (Å²) in [7, 11) is 0. The summed E-state index contributed by atoms with van der Waals surface area (Å²) < 4.78 is 11.0. The Bertz CT molecular complexity index is 1400. The third kappa shape index (κ3) is 6.74. The Morgan fingerprint density at radius 3 is 2.62 bits per heavy atom. The molecular weight excluding hydrogens is 520 g/mol. The van der Waals surface area contributed by atoms with Gasteiger partial charge in [-0.2, -0.15) is 5.10 Å². The second-order valence-corrected chi connectivity index (χ2v) is 10.0. The molecule has 11 heteroatoms. The van der Waals surface area contributed by atoms with Gasteiger partial charge in [-0.1, -0.05) is 0 Å². The lowest BCUT2D eigenvalue weighted by Crippen LogP contribution is -2.33. The Morgan fingerprint density at radius 2 is 1.90 bits per heavy atom. The fourth-order valence-electron chi connectivity index (χ4n) is 4.18. The van der Waals surface area contributed by atoms with Crippen molar-refractivity contribution in [1.29, 1.82) is 0 Å². The maximum absolute atomic E-state index is 12.9. The van der Waals surface area contributed by atoms with Crippen molar-refractivity contribution in [2.24, 2.45) is 10.8 Å². The molecule has 0 fully saturated rings. The third-order valence-corrected chi connectivity index (χ3v) is 7.32. The smallest absolute Gasteiger partial charge is 0.280 e. The number of thiophene rings is 1. The summed E-state index contributed by atoms with van der Waals surface area (Å²) in [5.41, 5.74) is 10.4. The third-order valence-electron chi connectivity index (χ3n) is 6.12. The van der Waals surface area contributed by atoms with Crippen LogP contribution < -0.4 is 25.9 Å². The molecule has 0 saturated heterocycles. The van der Waals surface area contributed by atoms with Crippen LogP contribution in [0.2, 0.25) is 0 Å². The van der Waals surface area contributed by atoms with Crippen LogP contribution in [0.1, 0.15) is 63.4 Å². The predicted octanol–water partition coefficient (Wildman–Crippen LogP) is 4.00. The zero-order valence-corrected chi connectivity index (χ0v) is 22.5. The molecule has 5 N–H and O–H groups in total. The van der Waals surface area contributed by atoms with E-state index in [2.05, 4.69) is 15.8 Å². The van der Waals surface area contributed by atoms with Gasteiger partial charge in [0.25, 0.3) is 17.7 Å². The number of benzene rings is 2. The van der Waals surface area contributed by atoms with Gasteiger partial charge in [0.1, 0.15) is 10.8 Å². The van der Waals surface area contributed by atoms with Gasteiger partial charge in [-0.25, -0.2) is 5.43 Å². The summed E-state index contributed by atoms with van der Waals surface area (Å²) in [5.74, 6) is -0.651. The highest BCUT2D eigenvalue weighted by Gasteiger charge is 2.25. The van der Waals surface area contributed by atoms with Gasteiger partial charge < -0.3 is 25.6 Å². The Labute approximate surface area is 229 Å². The highest BCUT2D eigenvalue weighted by molar-refractivity contribution is 7.17. The summed E-state index contributed by atoms with van der Waals surface area (Å²) in [6, 6.07) is 11.0. The first-order valence-electron chi connectivity index (χ1n) is 12.6. The Kier molecular flexibility index (Phi) is 8.82. The van der Waals surface area contributed by atoms with Crippen molar-refractivity contribution in [2.45, 2.75) is 45.6 Å². The maximum Gasteiger partial charge on any atom is 0.280 e. The number of nitrogens with zero attached hydrogens (tertiary/aromatic N) is 1. The molecule has 0 aliphatic heterocycles. The SMILES string of the molecule is CCOc1cc(C=NNC(=O)C(C)Oc2ccc(C(=O)Nc3sc4c(c3C(N)=O)CCCC4)cc2)ccc1O. The molecular formula is C28H30N4O6S. The van der Waals surface area contributed by atoms with Crippen LogP contribution in [0.3, 0.4) is 0 Å². The van der Waals surface area contributed by atoms with Crippen molar-refractivity contribution < 1.29 is 29.0 Å². The molecule has 3 aromatic rings. The van der Waals surface area contributed by atoms with Gasteiger partial charge in [-0.3, -0.25) is 14.4 Å². The van der Waals surface area contributed by atoms with Gasteiger partial charge in [0.2, 0.25) is 0 Å². The van der Waals surface area contributed by atoms with Crippen LogP contribution in [0, 0.1) is 0 Å². The fraction of sp³-hybridized carbons (Fsp3) is 0.286. The Morgan fingerprint density at radius 1 is 1.15 bits per heavy atom. The van der Waals surface area contributed by atoms with Gasteiger partial charge in [0.15, 0.2) is 17.6 Å². The zero-order chi connectivity index (χ0) is 27.9. The summed E-state index contributed by atoms with van der Waals surface area (Å²) in [6.07, 6.45) is 4.27. The Hall–Kier alpha value is -4.38. The number of anilines is 1. The minimum Gasteiger partial charge on any atom is -0.504 e. The number of aromatic hydroxyl groups is 1. The second kappa shape index (κ2) is 12.4. The van der Waals surface area contributed by atoms with Crippen molar-refractivity contribution >= 4 is 40.3 Å². The van der Waals surface area contributed by atoms with Crippen molar-refractivity contribution in [3.8, 4) is 17.2 Å². The number of rotatable bonds is 10. The number of carbonyl (C=O) groups excluding carboxylic acids is 3. The molecule has 1 atom stereocenters. The first-order chi connectivity index (χ1) is 18.8. The first kappa shape index (κ1) is 27.6. The van der Waals surface area contributed by atoms with E-state index >= 15 is 0 Å². The van der Waals surface area contributed by atoms with Crippen molar-refractivity contribution in [3.05, 3.63) is 69.6 Å². The lowest BCUT2D eigenvalue weighted by Gasteiger charge is -2.13. The van der Waals surface area contributed by atoms with Gasteiger partial charge >= 0.3 is 0 Å². The summed E-state index contributed by atoms with van der Waals surface area (Å²) >= 11 is 1.41. The average Bonchev–Trinajstić information content (AvgIpc) is 3.29. The van der Waals surface area contributed by atoms with E-state index in [4.69, 9.17) is 15.2 Å². The number of nitrogens with one attached hydrogen (secondary N) is 2. The average molecular weight is 551 g/mol. The number of hydrogen-bond donors (Lipinski definition) is 4. The van der Waals surface area contributed by atoms with E-state index in [-0.39, 0.29) is 11.7 Å². The number of phenolic OH excluding ortho intramolecular Hbond substituents is 1. The number of nitrogens with two attached hydrogens (primary N) is 1. The summed E-state index contributed by atoms with van der Waals surface area (Å²) in [4.78, 5) is 38.4. The minimum absolute atomic E-state index is 0.0178. The quantitative estimate of drug-likeness (QED) is 0.221. The van der Waals surface area contributed by atoms with Crippen molar-refractivity contribution in [3.63, 3.8) is 0 Å². The maximum atomic E-state index is 12.9. The van der Waals surface area contributed by atoms with Crippen molar-refractivity contribution in [2.75, 3.05) is 11.9 Å². The lowest BCUT2D eigenvalue weighted by molar-refractivity contribution is -0.127. The summed E-state index contributed by atoms with van der Waals surface area (Å²) in [6.45, 7) is 3.78. The molecule has 0 saturated carbocycles. The van der Waals surface area contributed by atoms with Crippen LogP contribution in [0.15, 0.2) is 47.6 Å². The number of aryl methyl sites for hydroxylation is 1. The van der Waals surface area contributed by atoms with E-state index in [9.17, 15) is 19.5 Å². The summed E-state index contributed by atoms with van der Waals surface area (Å²) in [5, 5.41) is 17.0. The molecule has 10 nitrogen and oxygen atoms in total. The van der Waals surface area contributed by atoms with E-state index in [0.717, 1.165) is 36.1 Å². The number of hydrazone groups is 1. The molecule has 1 heterocycles. The highest BCUT2D eigenvalue weighted by Crippen LogP contribution is 2.38. The molecule has 0 bridgehead atoms. The molecule has 39 heavy (non-hydrogen) atoms. The zero-order valence-electron chi connectivity index (χ0n) is 21.7. The van der Waals surface area contributed by atoms with Crippen LogP contribution >= 0.6 is 11.3 Å². The van der Waals surface area contributed by atoms with Gasteiger partial charge in [0.05, 0.1) is 18.4 Å².